The molecule has 6 nitrogen and oxygen atoms in total. The molecule has 2 aromatic carbocycles. The van der Waals surface area contributed by atoms with E-state index in [0.717, 1.165) is 17.0 Å². The third-order valence-corrected chi connectivity index (χ3v) is 4.57. The van der Waals surface area contributed by atoms with E-state index in [1.807, 2.05) is 66.7 Å². The molecule has 0 bridgehead atoms. The molecule has 4 rings (SSSR count). The van der Waals surface area contributed by atoms with Crippen molar-refractivity contribution in [2.75, 3.05) is 13.7 Å². The van der Waals surface area contributed by atoms with Crippen LogP contribution in [0.2, 0.25) is 0 Å². The zero-order valence-electron chi connectivity index (χ0n) is 15.4. The van der Waals surface area contributed by atoms with E-state index in [0.29, 0.717) is 17.9 Å². The van der Waals surface area contributed by atoms with Gasteiger partial charge in [0.15, 0.2) is 6.61 Å². The molecule has 3 aromatic rings. The van der Waals surface area contributed by atoms with Crippen molar-refractivity contribution in [3.05, 3.63) is 84.3 Å². The summed E-state index contributed by atoms with van der Waals surface area (Å²) in [5.41, 5.74) is 1.76. The second-order valence-electron chi connectivity index (χ2n) is 6.35. The Morgan fingerprint density at radius 3 is 2.54 bits per heavy atom. The first-order chi connectivity index (χ1) is 13.7. The molecule has 6 heteroatoms. The first-order valence-corrected chi connectivity index (χ1v) is 9.00. The monoisotopic (exact) mass is 376 g/mol. The summed E-state index contributed by atoms with van der Waals surface area (Å²) in [6.07, 6.45) is 2.17. The van der Waals surface area contributed by atoms with Gasteiger partial charge in [0.25, 0.3) is 5.91 Å². The molecule has 1 aromatic heterocycles. The Labute approximate surface area is 163 Å². The lowest BCUT2D eigenvalue weighted by atomic mass is 10.0. The van der Waals surface area contributed by atoms with E-state index in [9.17, 15) is 4.79 Å². The molecule has 0 N–H and O–H groups in total. The third kappa shape index (κ3) is 3.76. The van der Waals surface area contributed by atoms with Gasteiger partial charge in [-0.1, -0.05) is 18.2 Å². The minimum absolute atomic E-state index is 0.0966. The van der Waals surface area contributed by atoms with Crippen molar-refractivity contribution in [1.82, 2.24) is 5.01 Å². The Balaban J connectivity index is 1.55. The summed E-state index contributed by atoms with van der Waals surface area (Å²) >= 11 is 0. The molecule has 28 heavy (non-hydrogen) atoms. The Bertz CT molecular complexity index is 950. The first kappa shape index (κ1) is 17.9. The largest absolute Gasteiger partial charge is 0.497 e. The van der Waals surface area contributed by atoms with Gasteiger partial charge >= 0.3 is 0 Å². The summed E-state index contributed by atoms with van der Waals surface area (Å²) < 4.78 is 16.4. The van der Waals surface area contributed by atoms with Gasteiger partial charge in [0.1, 0.15) is 23.3 Å². The number of nitrogens with zero attached hydrogens (tertiary/aromatic N) is 2. The average Bonchev–Trinajstić information content (AvgIpc) is 3.42. The van der Waals surface area contributed by atoms with E-state index in [2.05, 4.69) is 5.10 Å². The molecule has 1 aliphatic rings. The minimum atomic E-state index is -0.293. The Hall–Kier alpha value is -3.54. The molecule has 0 aliphatic carbocycles. The standard InChI is InChI=1S/C22H20N2O4/c1-26-17-11-9-16(10-12-17)19-14-20(21-8-5-13-27-21)24(23-19)22(25)15-28-18-6-3-2-4-7-18/h2-13,20H,14-15H2,1H3/t20-/m1/s1. The van der Waals surface area contributed by atoms with Crippen LogP contribution >= 0.6 is 0 Å². The number of furan rings is 1. The summed E-state index contributed by atoms with van der Waals surface area (Å²) in [6, 6.07) is 20.2. The fourth-order valence-corrected chi connectivity index (χ4v) is 3.13. The predicted octanol–water partition coefficient (Wildman–Crippen LogP) is 4.04. The number of hydrogen-bond donors (Lipinski definition) is 0. The van der Waals surface area contributed by atoms with E-state index in [4.69, 9.17) is 13.9 Å². The number of hydrazone groups is 1. The van der Waals surface area contributed by atoms with E-state index in [1.54, 1.807) is 13.4 Å². The van der Waals surface area contributed by atoms with Gasteiger partial charge in [0.05, 0.1) is 19.1 Å². The van der Waals surface area contributed by atoms with Crippen LogP contribution in [-0.4, -0.2) is 30.3 Å². The molecule has 0 spiro atoms. The first-order valence-electron chi connectivity index (χ1n) is 9.00. The summed E-state index contributed by atoms with van der Waals surface area (Å²) in [5, 5.41) is 6.04. The van der Waals surface area contributed by atoms with Crippen molar-refractivity contribution in [3.8, 4) is 11.5 Å². The van der Waals surface area contributed by atoms with Crippen LogP contribution in [0.25, 0.3) is 0 Å². The molecule has 1 atom stereocenters. The highest BCUT2D eigenvalue weighted by atomic mass is 16.5. The molecule has 0 unspecified atom stereocenters. The number of carbonyl (C=O) groups excluding carboxylic acids is 1. The lowest BCUT2D eigenvalue weighted by Gasteiger charge is -2.19. The van der Waals surface area contributed by atoms with E-state index in [1.165, 1.54) is 5.01 Å². The Morgan fingerprint density at radius 1 is 1.07 bits per heavy atom. The maximum Gasteiger partial charge on any atom is 0.281 e. The van der Waals surface area contributed by atoms with Crippen LogP contribution in [0, 0.1) is 0 Å². The zero-order valence-corrected chi connectivity index (χ0v) is 15.4. The van der Waals surface area contributed by atoms with Gasteiger partial charge in [-0.05, 0) is 54.1 Å². The highest BCUT2D eigenvalue weighted by Gasteiger charge is 2.35. The van der Waals surface area contributed by atoms with E-state index in [-0.39, 0.29) is 18.6 Å². The second-order valence-corrected chi connectivity index (χ2v) is 6.35. The number of methoxy groups -OCH3 is 1. The second kappa shape index (κ2) is 8.00. The van der Waals surface area contributed by atoms with Gasteiger partial charge in [-0.3, -0.25) is 4.79 Å². The Morgan fingerprint density at radius 2 is 1.86 bits per heavy atom. The van der Waals surface area contributed by atoms with Crippen molar-refractivity contribution in [2.45, 2.75) is 12.5 Å². The summed E-state index contributed by atoms with van der Waals surface area (Å²) in [5.74, 6) is 1.88. The molecule has 0 fully saturated rings. The number of amides is 1. The number of rotatable bonds is 6. The molecule has 0 saturated carbocycles. The van der Waals surface area contributed by atoms with Gasteiger partial charge < -0.3 is 13.9 Å². The number of ether oxygens (including phenoxy) is 2. The Kier molecular flexibility index (Phi) is 5.10. The topological polar surface area (TPSA) is 64.3 Å². The van der Waals surface area contributed by atoms with Crippen LogP contribution in [0.15, 0.2) is 82.5 Å². The lowest BCUT2D eigenvalue weighted by Crippen LogP contribution is -2.31. The maximum atomic E-state index is 12.8. The summed E-state index contributed by atoms with van der Waals surface area (Å²) in [6.45, 7) is -0.0966. The molecular weight excluding hydrogens is 356 g/mol. The van der Waals surface area contributed by atoms with Gasteiger partial charge in [0.2, 0.25) is 0 Å². The van der Waals surface area contributed by atoms with Crippen molar-refractivity contribution in [1.29, 1.82) is 0 Å². The smallest absolute Gasteiger partial charge is 0.281 e. The van der Waals surface area contributed by atoms with E-state index >= 15 is 0 Å². The SMILES string of the molecule is COc1ccc(C2=NN(C(=O)COc3ccccc3)[C@@H](c3ccco3)C2)cc1. The quantitative estimate of drug-likeness (QED) is 0.651. The number of hydrogen-bond acceptors (Lipinski definition) is 5. The number of carbonyl (C=O) groups is 1. The fraction of sp³-hybridized carbons (Fsp3) is 0.182. The molecule has 1 aliphatic heterocycles. The minimum Gasteiger partial charge on any atom is -0.497 e. The predicted molar refractivity (Wildman–Crippen MR) is 104 cm³/mol. The van der Waals surface area contributed by atoms with Crippen LogP contribution in [0.1, 0.15) is 23.8 Å². The molecule has 0 saturated heterocycles. The molecule has 0 radical (unpaired) electrons. The fourth-order valence-electron chi connectivity index (χ4n) is 3.13. The van der Waals surface area contributed by atoms with Gasteiger partial charge in [-0.25, -0.2) is 5.01 Å². The highest BCUT2D eigenvalue weighted by molar-refractivity contribution is 6.03. The molecule has 2 heterocycles. The molecule has 1 amide bonds. The van der Waals surface area contributed by atoms with Crippen molar-refractivity contribution >= 4 is 11.6 Å². The summed E-state index contributed by atoms with van der Waals surface area (Å²) in [4.78, 5) is 12.8. The van der Waals surface area contributed by atoms with Crippen LogP contribution in [-0.2, 0) is 4.79 Å². The zero-order chi connectivity index (χ0) is 19.3. The third-order valence-electron chi connectivity index (χ3n) is 4.57. The van der Waals surface area contributed by atoms with E-state index < -0.39 is 0 Å². The van der Waals surface area contributed by atoms with Crippen LogP contribution in [0.3, 0.4) is 0 Å². The maximum absolute atomic E-state index is 12.8. The summed E-state index contributed by atoms with van der Waals surface area (Å²) in [7, 11) is 1.63. The van der Waals surface area contributed by atoms with Crippen LogP contribution in [0.5, 0.6) is 11.5 Å². The number of benzene rings is 2. The average molecular weight is 376 g/mol. The van der Waals surface area contributed by atoms with Crippen molar-refractivity contribution < 1.29 is 18.7 Å². The van der Waals surface area contributed by atoms with Gasteiger partial charge in [0, 0.05) is 6.42 Å². The van der Waals surface area contributed by atoms with Crippen molar-refractivity contribution in [3.63, 3.8) is 0 Å². The van der Waals surface area contributed by atoms with Crippen LogP contribution in [0.4, 0.5) is 0 Å². The number of para-hydroxylation sites is 1. The molecule has 142 valence electrons. The molecular formula is C22H20N2O4. The lowest BCUT2D eigenvalue weighted by molar-refractivity contribution is -0.135. The van der Waals surface area contributed by atoms with Gasteiger partial charge in [-0.15, -0.1) is 0 Å². The van der Waals surface area contributed by atoms with Gasteiger partial charge in [-0.2, -0.15) is 5.10 Å². The highest BCUT2D eigenvalue weighted by Crippen LogP contribution is 2.33. The normalized spacial score (nSPS) is 16.0. The van der Waals surface area contributed by atoms with Crippen molar-refractivity contribution in [2.24, 2.45) is 5.10 Å². The van der Waals surface area contributed by atoms with Crippen LogP contribution < -0.4 is 9.47 Å².